The number of aromatic nitrogens is 3. The summed E-state index contributed by atoms with van der Waals surface area (Å²) in [4.78, 5) is 22.1. The van der Waals surface area contributed by atoms with E-state index in [1.165, 1.54) is 28.7 Å². The van der Waals surface area contributed by atoms with Gasteiger partial charge in [0.15, 0.2) is 0 Å². The van der Waals surface area contributed by atoms with Gasteiger partial charge < -0.3 is 9.64 Å². The highest BCUT2D eigenvalue weighted by atomic mass is 32.1. The van der Waals surface area contributed by atoms with Gasteiger partial charge in [-0.05, 0) is 42.9 Å². The highest BCUT2D eigenvalue weighted by molar-refractivity contribution is 7.19. The smallest absolute Gasteiger partial charge is 0.146 e. The SMILES string of the molecule is C[C@H]1CCc2c(sc3nc(CN4CCOCC4)nc(N(C)CCc4ccccn4)c23)C1. The van der Waals surface area contributed by atoms with Crippen molar-refractivity contribution in [3.05, 3.63) is 46.4 Å². The maximum atomic E-state index is 5.51. The van der Waals surface area contributed by atoms with E-state index in [2.05, 4.69) is 40.9 Å². The number of aryl methyl sites for hydroxylation is 1. The van der Waals surface area contributed by atoms with Gasteiger partial charge in [-0.2, -0.15) is 0 Å². The highest BCUT2D eigenvalue weighted by Gasteiger charge is 2.25. The number of hydrogen-bond acceptors (Lipinski definition) is 7. The average molecular weight is 438 g/mol. The molecule has 0 amide bonds. The molecule has 0 radical (unpaired) electrons. The molecule has 1 saturated heterocycles. The van der Waals surface area contributed by atoms with Gasteiger partial charge in [0.05, 0.1) is 25.1 Å². The summed E-state index contributed by atoms with van der Waals surface area (Å²) in [6.45, 7) is 7.53. The Morgan fingerprint density at radius 2 is 2.10 bits per heavy atom. The Hall–Kier alpha value is -2.09. The lowest BCUT2D eigenvalue weighted by molar-refractivity contribution is 0.0331. The predicted molar refractivity (Wildman–Crippen MR) is 126 cm³/mol. The lowest BCUT2D eigenvalue weighted by Gasteiger charge is -2.26. The van der Waals surface area contributed by atoms with Crippen LogP contribution in [0, 0.1) is 5.92 Å². The number of rotatable bonds is 6. The first kappa shape index (κ1) is 20.8. The van der Waals surface area contributed by atoms with Gasteiger partial charge in [0, 0.05) is 49.9 Å². The van der Waals surface area contributed by atoms with Crippen LogP contribution in [0.25, 0.3) is 10.2 Å². The second-order valence-electron chi connectivity index (χ2n) is 8.88. The molecule has 3 aromatic rings. The minimum atomic E-state index is 0.756. The molecule has 0 bridgehead atoms. The molecule has 1 aliphatic carbocycles. The van der Waals surface area contributed by atoms with Crippen molar-refractivity contribution >= 4 is 27.4 Å². The number of ether oxygens (including phenoxy) is 1. The zero-order valence-corrected chi connectivity index (χ0v) is 19.3. The van der Waals surface area contributed by atoms with Crippen LogP contribution in [-0.4, -0.2) is 59.7 Å². The third kappa shape index (κ3) is 4.59. The lowest BCUT2D eigenvalue weighted by Crippen LogP contribution is -2.36. The van der Waals surface area contributed by atoms with E-state index in [1.807, 2.05) is 23.6 Å². The normalized spacial score (nSPS) is 19.5. The summed E-state index contributed by atoms with van der Waals surface area (Å²) in [6.07, 6.45) is 6.35. The van der Waals surface area contributed by atoms with Crippen molar-refractivity contribution in [1.82, 2.24) is 19.9 Å². The molecule has 2 aliphatic rings. The van der Waals surface area contributed by atoms with Crippen LogP contribution >= 0.6 is 11.3 Å². The quantitative estimate of drug-likeness (QED) is 0.586. The molecular formula is C24H31N5OS. The predicted octanol–water partition coefficient (Wildman–Crippen LogP) is 3.72. The summed E-state index contributed by atoms with van der Waals surface area (Å²) >= 11 is 1.89. The Morgan fingerprint density at radius 3 is 2.90 bits per heavy atom. The monoisotopic (exact) mass is 437 g/mol. The van der Waals surface area contributed by atoms with Crippen LogP contribution in [0.1, 0.15) is 35.3 Å². The molecule has 0 saturated carbocycles. The second kappa shape index (κ2) is 9.18. The van der Waals surface area contributed by atoms with Crippen LogP contribution < -0.4 is 4.90 Å². The number of thiophene rings is 1. The van der Waals surface area contributed by atoms with E-state index in [4.69, 9.17) is 14.7 Å². The number of morpholine rings is 1. The largest absolute Gasteiger partial charge is 0.379 e. The van der Waals surface area contributed by atoms with Gasteiger partial charge >= 0.3 is 0 Å². The fourth-order valence-electron chi connectivity index (χ4n) is 4.61. The summed E-state index contributed by atoms with van der Waals surface area (Å²) in [5.41, 5.74) is 2.62. The van der Waals surface area contributed by atoms with Crippen LogP contribution in [0.5, 0.6) is 0 Å². The molecule has 7 heteroatoms. The lowest BCUT2D eigenvalue weighted by atomic mass is 9.89. The summed E-state index contributed by atoms with van der Waals surface area (Å²) in [6, 6.07) is 6.13. The molecule has 4 heterocycles. The van der Waals surface area contributed by atoms with E-state index >= 15 is 0 Å². The third-order valence-electron chi connectivity index (χ3n) is 6.44. The van der Waals surface area contributed by atoms with Crippen molar-refractivity contribution in [1.29, 1.82) is 0 Å². The maximum Gasteiger partial charge on any atom is 0.146 e. The molecule has 1 atom stereocenters. The van der Waals surface area contributed by atoms with Crippen LogP contribution in [-0.2, 0) is 30.5 Å². The molecule has 1 fully saturated rings. The highest BCUT2D eigenvalue weighted by Crippen LogP contribution is 2.41. The molecule has 164 valence electrons. The number of anilines is 1. The van der Waals surface area contributed by atoms with Crippen molar-refractivity contribution in [3.63, 3.8) is 0 Å². The first-order valence-electron chi connectivity index (χ1n) is 11.4. The van der Waals surface area contributed by atoms with E-state index in [0.29, 0.717) is 0 Å². The Bertz CT molecular complexity index is 1030. The van der Waals surface area contributed by atoms with Crippen LogP contribution in [0.4, 0.5) is 5.82 Å². The van der Waals surface area contributed by atoms with Crippen molar-refractivity contribution in [2.45, 2.75) is 39.2 Å². The molecule has 31 heavy (non-hydrogen) atoms. The maximum absolute atomic E-state index is 5.51. The van der Waals surface area contributed by atoms with Gasteiger partial charge in [-0.1, -0.05) is 13.0 Å². The van der Waals surface area contributed by atoms with Crippen molar-refractivity contribution in [2.75, 3.05) is 44.8 Å². The van der Waals surface area contributed by atoms with E-state index in [0.717, 1.165) is 80.3 Å². The van der Waals surface area contributed by atoms with Crippen LogP contribution in [0.3, 0.4) is 0 Å². The summed E-state index contributed by atoms with van der Waals surface area (Å²) in [7, 11) is 2.17. The topological polar surface area (TPSA) is 54.4 Å². The Balaban J connectivity index is 1.48. The zero-order valence-electron chi connectivity index (χ0n) is 18.5. The molecule has 0 unspecified atom stereocenters. The first-order chi connectivity index (χ1) is 15.2. The van der Waals surface area contributed by atoms with Gasteiger partial charge in [0.2, 0.25) is 0 Å². The number of pyridine rings is 1. The third-order valence-corrected chi connectivity index (χ3v) is 7.59. The minimum Gasteiger partial charge on any atom is -0.379 e. The van der Waals surface area contributed by atoms with E-state index in [1.54, 1.807) is 0 Å². The summed E-state index contributed by atoms with van der Waals surface area (Å²) in [5.74, 6) is 2.78. The number of nitrogens with zero attached hydrogens (tertiary/aromatic N) is 5. The van der Waals surface area contributed by atoms with E-state index in [9.17, 15) is 0 Å². The Morgan fingerprint density at radius 1 is 1.23 bits per heavy atom. The van der Waals surface area contributed by atoms with Crippen LogP contribution in [0.15, 0.2) is 24.4 Å². The summed E-state index contributed by atoms with van der Waals surface area (Å²) < 4.78 is 5.51. The van der Waals surface area contributed by atoms with Crippen LogP contribution in [0.2, 0.25) is 0 Å². The number of fused-ring (bicyclic) bond motifs is 3. The molecular weight excluding hydrogens is 406 g/mol. The van der Waals surface area contributed by atoms with E-state index in [-0.39, 0.29) is 0 Å². The molecule has 5 rings (SSSR count). The minimum absolute atomic E-state index is 0.756. The average Bonchev–Trinajstić information content (AvgIpc) is 3.15. The molecule has 6 nitrogen and oxygen atoms in total. The molecule has 0 N–H and O–H groups in total. The van der Waals surface area contributed by atoms with Gasteiger partial charge in [-0.3, -0.25) is 9.88 Å². The Kier molecular flexibility index (Phi) is 6.16. The van der Waals surface area contributed by atoms with Gasteiger partial charge in [0.1, 0.15) is 16.5 Å². The first-order valence-corrected chi connectivity index (χ1v) is 12.2. The molecule has 0 aromatic carbocycles. The van der Waals surface area contributed by atoms with E-state index < -0.39 is 0 Å². The van der Waals surface area contributed by atoms with Gasteiger partial charge in [-0.25, -0.2) is 9.97 Å². The van der Waals surface area contributed by atoms with Crippen molar-refractivity contribution < 1.29 is 4.74 Å². The van der Waals surface area contributed by atoms with Crippen molar-refractivity contribution in [3.8, 4) is 0 Å². The fourth-order valence-corrected chi connectivity index (χ4v) is 6.00. The molecule has 1 aliphatic heterocycles. The Labute approximate surface area is 188 Å². The number of hydrogen-bond donors (Lipinski definition) is 0. The second-order valence-corrected chi connectivity index (χ2v) is 9.96. The number of likely N-dealkylation sites (N-methyl/N-ethyl adjacent to an activating group) is 1. The standard InChI is InChI=1S/C24H31N5OS/c1-17-6-7-19-20(15-17)31-24-22(19)23(28(2)10-8-18-5-3-4-9-25-18)26-21(27-24)16-29-11-13-30-14-12-29/h3-5,9,17H,6-8,10-16H2,1-2H3/t17-/m0/s1. The van der Waals surface area contributed by atoms with Gasteiger partial charge in [0.25, 0.3) is 0 Å². The fraction of sp³-hybridized carbons (Fsp3) is 0.542. The van der Waals surface area contributed by atoms with Crippen molar-refractivity contribution in [2.24, 2.45) is 5.92 Å². The van der Waals surface area contributed by atoms with Gasteiger partial charge in [-0.15, -0.1) is 11.3 Å². The molecule has 0 spiro atoms. The molecule has 3 aromatic heterocycles. The summed E-state index contributed by atoms with van der Waals surface area (Å²) in [5, 5.41) is 1.29. The zero-order chi connectivity index (χ0) is 21.2.